The van der Waals surface area contributed by atoms with Crippen LogP contribution in [0.5, 0.6) is 0 Å². The van der Waals surface area contributed by atoms with Crippen LogP contribution in [0.3, 0.4) is 0 Å². The summed E-state index contributed by atoms with van der Waals surface area (Å²) in [6.45, 7) is 7.77. The number of aryl methyl sites for hydroxylation is 1. The van der Waals surface area contributed by atoms with Crippen molar-refractivity contribution in [2.45, 2.75) is 38.9 Å². The standard InChI is InChI=1S/C23H24FN5OS/c1-5-31-23-27-22-25-15(4)19(21(30)26-18-12-8-9-13(2)14(18)3)20(29(22)28-23)16-10-6-7-11-17(16)24/h6-12,20H,5H2,1-4H3,(H,26,30)(H,25,27,28). The highest BCUT2D eigenvalue weighted by Gasteiger charge is 2.35. The molecule has 4 rings (SSSR count). The van der Waals surface area contributed by atoms with Gasteiger partial charge in [0.1, 0.15) is 11.9 Å². The van der Waals surface area contributed by atoms with E-state index in [1.165, 1.54) is 17.8 Å². The first-order valence-corrected chi connectivity index (χ1v) is 11.1. The molecule has 0 saturated carbocycles. The van der Waals surface area contributed by atoms with Gasteiger partial charge in [-0.2, -0.15) is 4.98 Å². The number of aromatic nitrogens is 3. The molecular weight excluding hydrogens is 413 g/mol. The molecular formula is C23H24FN5OS. The number of nitrogens with zero attached hydrogens (tertiary/aromatic N) is 3. The second-order valence-corrected chi connectivity index (χ2v) is 8.62. The Morgan fingerprint density at radius 1 is 1.19 bits per heavy atom. The van der Waals surface area contributed by atoms with Crippen molar-refractivity contribution < 1.29 is 9.18 Å². The number of fused-ring (bicyclic) bond motifs is 1. The number of anilines is 2. The average Bonchev–Trinajstić information content (AvgIpc) is 3.13. The topological polar surface area (TPSA) is 71.8 Å². The number of rotatable bonds is 5. The van der Waals surface area contributed by atoms with Gasteiger partial charge in [0, 0.05) is 16.9 Å². The van der Waals surface area contributed by atoms with Gasteiger partial charge in [-0.3, -0.25) is 4.79 Å². The minimum absolute atomic E-state index is 0.308. The molecule has 0 saturated heterocycles. The Morgan fingerprint density at radius 3 is 2.71 bits per heavy atom. The lowest BCUT2D eigenvalue weighted by Gasteiger charge is -2.29. The van der Waals surface area contributed by atoms with E-state index < -0.39 is 11.9 Å². The van der Waals surface area contributed by atoms with E-state index in [2.05, 4.69) is 20.7 Å². The summed E-state index contributed by atoms with van der Waals surface area (Å²) in [5, 5.41) is 11.3. The zero-order chi connectivity index (χ0) is 22.1. The fourth-order valence-corrected chi connectivity index (χ4v) is 4.23. The number of carbonyl (C=O) groups is 1. The minimum atomic E-state index is -0.735. The van der Waals surface area contributed by atoms with Gasteiger partial charge in [0.25, 0.3) is 5.91 Å². The van der Waals surface area contributed by atoms with E-state index in [1.807, 2.05) is 39.0 Å². The van der Waals surface area contributed by atoms with Crippen molar-refractivity contribution in [1.29, 1.82) is 0 Å². The molecule has 0 bridgehead atoms. The summed E-state index contributed by atoms with van der Waals surface area (Å²) >= 11 is 1.49. The van der Waals surface area contributed by atoms with Gasteiger partial charge in [0.2, 0.25) is 11.1 Å². The number of nitrogens with one attached hydrogen (secondary N) is 2. The number of carbonyl (C=O) groups excluding carboxylic acids is 1. The van der Waals surface area contributed by atoms with Crippen molar-refractivity contribution in [2.24, 2.45) is 0 Å². The third-order valence-electron chi connectivity index (χ3n) is 5.40. The third kappa shape index (κ3) is 3.95. The van der Waals surface area contributed by atoms with Crippen LogP contribution in [0, 0.1) is 19.7 Å². The van der Waals surface area contributed by atoms with Gasteiger partial charge in [-0.25, -0.2) is 9.07 Å². The summed E-state index contributed by atoms with van der Waals surface area (Å²) in [5.41, 5.74) is 4.18. The molecule has 31 heavy (non-hydrogen) atoms. The highest BCUT2D eigenvalue weighted by Crippen LogP contribution is 2.37. The SMILES string of the molecule is CCSc1nc2n(n1)C(c1ccccc1F)C(C(=O)Nc1cccc(C)c1C)=C(C)N2. The lowest BCUT2D eigenvalue weighted by Crippen LogP contribution is -2.32. The summed E-state index contributed by atoms with van der Waals surface area (Å²) < 4.78 is 16.5. The zero-order valence-electron chi connectivity index (χ0n) is 17.9. The quantitative estimate of drug-likeness (QED) is 0.545. The lowest BCUT2D eigenvalue weighted by atomic mass is 9.94. The fraction of sp³-hybridized carbons (Fsp3) is 0.261. The van der Waals surface area contributed by atoms with E-state index in [0.717, 1.165) is 22.6 Å². The first-order valence-electron chi connectivity index (χ1n) is 10.1. The van der Waals surface area contributed by atoms with Gasteiger partial charge < -0.3 is 10.6 Å². The van der Waals surface area contributed by atoms with Crippen molar-refractivity contribution in [1.82, 2.24) is 14.8 Å². The maximum Gasteiger partial charge on any atom is 0.255 e. The molecule has 0 radical (unpaired) electrons. The minimum Gasteiger partial charge on any atom is -0.328 e. The highest BCUT2D eigenvalue weighted by molar-refractivity contribution is 7.99. The van der Waals surface area contributed by atoms with Gasteiger partial charge in [-0.1, -0.05) is 49.0 Å². The van der Waals surface area contributed by atoms with Gasteiger partial charge in [0.05, 0.1) is 5.57 Å². The summed E-state index contributed by atoms with van der Waals surface area (Å²) in [6, 6.07) is 11.5. The van der Waals surface area contributed by atoms with E-state index >= 15 is 0 Å². The van der Waals surface area contributed by atoms with Crippen LogP contribution < -0.4 is 10.6 Å². The lowest BCUT2D eigenvalue weighted by molar-refractivity contribution is -0.113. The summed E-state index contributed by atoms with van der Waals surface area (Å²) in [4.78, 5) is 18.0. The van der Waals surface area contributed by atoms with E-state index in [9.17, 15) is 9.18 Å². The molecule has 8 heteroatoms. The Bertz CT molecular complexity index is 1190. The largest absolute Gasteiger partial charge is 0.328 e. The number of thioether (sulfide) groups is 1. The molecule has 2 aromatic carbocycles. The van der Waals surface area contributed by atoms with Gasteiger partial charge in [-0.15, -0.1) is 5.10 Å². The first kappa shape index (κ1) is 21.1. The van der Waals surface area contributed by atoms with Gasteiger partial charge in [-0.05, 0) is 49.8 Å². The Kier molecular flexibility index (Phi) is 5.82. The maximum absolute atomic E-state index is 14.9. The molecule has 1 atom stereocenters. The van der Waals surface area contributed by atoms with E-state index in [1.54, 1.807) is 29.8 Å². The van der Waals surface area contributed by atoms with Crippen molar-refractivity contribution in [3.05, 3.63) is 76.2 Å². The van der Waals surface area contributed by atoms with E-state index in [-0.39, 0.29) is 5.91 Å². The van der Waals surface area contributed by atoms with Crippen molar-refractivity contribution in [2.75, 3.05) is 16.4 Å². The van der Waals surface area contributed by atoms with Crippen LogP contribution in [-0.2, 0) is 4.79 Å². The number of benzene rings is 2. The van der Waals surface area contributed by atoms with Crippen LogP contribution in [0.25, 0.3) is 0 Å². The second-order valence-electron chi connectivity index (χ2n) is 7.38. The van der Waals surface area contributed by atoms with Crippen LogP contribution in [0.2, 0.25) is 0 Å². The molecule has 1 aliphatic rings. The predicted octanol–water partition coefficient (Wildman–Crippen LogP) is 5.07. The third-order valence-corrected chi connectivity index (χ3v) is 6.12. The van der Waals surface area contributed by atoms with Crippen molar-refractivity contribution >= 4 is 29.3 Å². The number of allylic oxidation sites excluding steroid dienone is 1. The number of hydrogen-bond acceptors (Lipinski definition) is 5. The maximum atomic E-state index is 14.9. The molecule has 6 nitrogen and oxygen atoms in total. The molecule has 1 unspecified atom stereocenters. The Hall–Kier alpha value is -3.13. The second kappa shape index (κ2) is 8.55. The van der Waals surface area contributed by atoms with Crippen LogP contribution in [-0.4, -0.2) is 26.4 Å². The number of halogens is 1. The Balaban J connectivity index is 1.81. The monoisotopic (exact) mass is 437 g/mol. The Labute approximate surface area is 185 Å². The van der Waals surface area contributed by atoms with Crippen molar-refractivity contribution in [3.63, 3.8) is 0 Å². The number of amides is 1. The molecule has 0 fully saturated rings. The molecule has 2 heterocycles. The first-order chi connectivity index (χ1) is 14.9. The highest BCUT2D eigenvalue weighted by atomic mass is 32.2. The molecule has 160 valence electrons. The van der Waals surface area contributed by atoms with Crippen molar-refractivity contribution in [3.8, 4) is 0 Å². The normalized spacial score (nSPS) is 15.5. The van der Waals surface area contributed by atoms with Crippen LogP contribution >= 0.6 is 11.8 Å². The fourth-order valence-electron chi connectivity index (χ4n) is 3.68. The molecule has 2 N–H and O–H groups in total. The van der Waals surface area contributed by atoms with E-state index in [0.29, 0.717) is 27.9 Å². The summed E-state index contributed by atoms with van der Waals surface area (Å²) in [6.07, 6.45) is 0. The number of hydrogen-bond donors (Lipinski definition) is 2. The van der Waals surface area contributed by atoms with Gasteiger partial charge in [0.15, 0.2) is 0 Å². The smallest absolute Gasteiger partial charge is 0.255 e. The van der Waals surface area contributed by atoms with Gasteiger partial charge >= 0.3 is 0 Å². The zero-order valence-corrected chi connectivity index (χ0v) is 18.7. The van der Waals surface area contributed by atoms with Crippen LogP contribution in [0.15, 0.2) is 58.9 Å². The van der Waals surface area contributed by atoms with Crippen LogP contribution in [0.1, 0.15) is 36.6 Å². The molecule has 1 aromatic heterocycles. The van der Waals surface area contributed by atoms with E-state index in [4.69, 9.17) is 0 Å². The Morgan fingerprint density at radius 2 is 1.97 bits per heavy atom. The molecule has 0 spiro atoms. The predicted molar refractivity (Wildman–Crippen MR) is 122 cm³/mol. The molecule has 1 amide bonds. The molecule has 1 aliphatic heterocycles. The molecule has 0 aliphatic carbocycles. The summed E-state index contributed by atoms with van der Waals surface area (Å²) in [5.74, 6) is 0.591. The average molecular weight is 438 g/mol. The summed E-state index contributed by atoms with van der Waals surface area (Å²) in [7, 11) is 0. The molecule has 3 aromatic rings. The van der Waals surface area contributed by atoms with Crippen LogP contribution in [0.4, 0.5) is 16.0 Å².